The Morgan fingerprint density at radius 1 is 1.37 bits per heavy atom. The maximum absolute atomic E-state index is 5.50. The van der Waals surface area contributed by atoms with E-state index in [1.54, 1.807) is 7.11 Å². The van der Waals surface area contributed by atoms with Crippen LogP contribution < -0.4 is 5.32 Å². The lowest BCUT2D eigenvalue weighted by atomic mass is 10.0. The number of nitrogens with zero attached hydrogens (tertiary/aromatic N) is 1. The Morgan fingerprint density at radius 3 is 2.84 bits per heavy atom. The lowest BCUT2D eigenvalue weighted by Gasteiger charge is -2.22. The molecule has 3 nitrogen and oxygen atoms in total. The molecule has 1 aliphatic rings. The molecule has 1 aliphatic carbocycles. The average molecular weight is 264 g/mol. The smallest absolute Gasteiger partial charge is 0.0639 e. The summed E-state index contributed by atoms with van der Waals surface area (Å²) in [4.78, 5) is 0. The zero-order valence-electron chi connectivity index (χ0n) is 12.8. The van der Waals surface area contributed by atoms with Crippen molar-refractivity contribution in [1.29, 1.82) is 0 Å². The van der Waals surface area contributed by atoms with Crippen molar-refractivity contribution in [3.05, 3.63) is 23.5 Å². The lowest BCUT2D eigenvalue weighted by molar-refractivity contribution is 0.0120. The Balaban J connectivity index is 2.08. The third kappa shape index (κ3) is 3.61. The van der Waals surface area contributed by atoms with Gasteiger partial charge in [0.2, 0.25) is 0 Å². The molecule has 0 saturated heterocycles. The van der Waals surface area contributed by atoms with Crippen LogP contribution in [0.3, 0.4) is 0 Å². The summed E-state index contributed by atoms with van der Waals surface area (Å²) in [7, 11) is 3.87. The van der Waals surface area contributed by atoms with Gasteiger partial charge in [0, 0.05) is 32.1 Å². The first-order chi connectivity index (χ1) is 9.05. The molecule has 0 saturated carbocycles. The molecule has 0 amide bonds. The first kappa shape index (κ1) is 14.6. The summed E-state index contributed by atoms with van der Waals surface area (Å²) in [5, 5.41) is 3.46. The molecule has 0 aromatic carbocycles. The Bertz CT molecular complexity index is 409. The number of aromatic nitrogens is 1. The molecule has 0 fully saturated rings. The van der Waals surface area contributed by atoms with Gasteiger partial charge in [-0.05, 0) is 57.7 Å². The van der Waals surface area contributed by atoms with E-state index in [9.17, 15) is 0 Å². The molecule has 19 heavy (non-hydrogen) atoms. The monoisotopic (exact) mass is 264 g/mol. The van der Waals surface area contributed by atoms with Crippen LogP contribution in [0.4, 0.5) is 0 Å². The summed E-state index contributed by atoms with van der Waals surface area (Å²) in [6.45, 7) is 5.33. The minimum absolute atomic E-state index is 0.0376. The van der Waals surface area contributed by atoms with E-state index in [-0.39, 0.29) is 5.60 Å². The highest BCUT2D eigenvalue weighted by molar-refractivity contribution is 5.29. The fourth-order valence-corrected chi connectivity index (χ4v) is 2.84. The minimum Gasteiger partial charge on any atom is -0.379 e. The zero-order valence-corrected chi connectivity index (χ0v) is 12.8. The maximum Gasteiger partial charge on any atom is 0.0639 e. The minimum atomic E-state index is -0.0376. The van der Waals surface area contributed by atoms with Crippen LogP contribution in [0.15, 0.2) is 12.4 Å². The van der Waals surface area contributed by atoms with Crippen molar-refractivity contribution in [3.8, 4) is 0 Å². The van der Waals surface area contributed by atoms with Crippen LogP contribution in [0.5, 0.6) is 0 Å². The molecule has 2 rings (SSSR count). The van der Waals surface area contributed by atoms with Crippen molar-refractivity contribution in [3.63, 3.8) is 0 Å². The zero-order chi connectivity index (χ0) is 13.9. The first-order valence-electron chi connectivity index (χ1n) is 7.47. The van der Waals surface area contributed by atoms with Gasteiger partial charge in [0.15, 0.2) is 0 Å². The van der Waals surface area contributed by atoms with Crippen LogP contribution in [-0.2, 0) is 17.7 Å². The molecule has 3 heteroatoms. The highest BCUT2D eigenvalue weighted by atomic mass is 16.5. The normalized spacial score (nSPS) is 20.1. The Labute approximate surface area is 117 Å². The van der Waals surface area contributed by atoms with E-state index >= 15 is 0 Å². The fraction of sp³-hybridized carbons (Fsp3) is 0.750. The molecule has 1 unspecified atom stereocenters. The second-order valence-corrected chi connectivity index (χ2v) is 6.28. The standard InChI is InChI=1S/C16H28N2O/c1-16(2,19-4)9-10-18-11-13-7-5-6-8-15(17-3)14(13)12-18/h11-12,15,17H,5-10H2,1-4H3. The summed E-state index contributed by atoms with van der Waals surface area (Å²) in [5.41, 5.74) is 3.01. The van der Waals surface area contributed by atoms with Gasteiger partial charge in [0.05, 0.1) is 5.60 Å². The van der Waals surface area contributed by atoms with Gasteiger partial charge in [-0.25, -0.2) is 0 Å². The summed E-state index contributed by atoms with van der Waals surface area (Å²) < 4.78 is 7.85. The highest BCUT2D eigenvalue weighted by Crippen LogP contribution is 2.29. The number of fused-ring (bicyclic) bond motifs is 1. The fourth-order valence-electron chi connectivity index (χ4n) is 2.84. The molecule has 1 heterocycles. The van der Waals surface area contributed by atoms with Crippen LogP contribution >= 0.6 is 0 Å². The van der Waals surface area contributed by atoms with E-state index in [2.05, 4.69) is 43.2 Å². The Kier molecular flexibility index (Phi) is 4.69. The molecular weight excluding hydrogens is 236 g/mol. The molecule has 1 aromatic rings. The number of nitrogens with one attached hydrogen (secondary N) is 1. The van der Waals surface area contributed by atoms with Gasteiger partial charge in [-0.3, -0.25) is 0 Å². The van der Waals surface area contributed by atoms with Gasteiger partial charge >= 0.3 is 0 Å². The van der Waals surface area contributed by atoms with Crippen LogP contribution in [0, 0.1) is 0 Å². The van der Waals surface area contributed by atoms with Gasteiger partial charge in [-0.15, -0.1) is 0 Å². The molecule has 108 valence electrons. The van der Waals surface area contributed by atoms with Crippen molar-refractivity contribution < 1.29 is 4.74 Å². The average Bonchev–Trinajstić information content (AvgIpc) is 2.71. The summed E-state index contributed by atoms with van der Waals surface area (Å²) in [6.07, 6.45) is 10.9. The number of ether oxygens (including phenoxy) is 1. The molecule has 1 atom stereocenters. The van der Waals surface area contributed by atoms with E-state index < -0.39 is 0 Å². The van der Waals surface area contributed by atoms with Crippen molar-refractivity contribution in [2.75, 3.05) is 14.2 Å². The second kappa shape index (κ2) is 6.10. The van der Waals surface area contributed by atoms with Crippen molar-refractivity contribution in [2.24, 2.45) is 0 Å². The van der Waals surface area contributed by atoms with E-state index in [4.69, 9.17) is 4.74 Å². The lowest BCUT2D eigenvalue weighted by Crippen LogP contribution is -2.24. The second-order valence-electron chi connectivity index (χ2n) is 6.28. The molecular formula is C16H28N2O. The molecule has 0 bridgehead atoms. The highest BCUT2D eigenvalue weighted by Gasteiger charge is 2.20. The summed E-state index contributed by atoms with van der Waals surface area (Å²) >= 11 is 0. The SMILES string of the molecule is CNC1CCCCc2cn(CCC(C)(C)OC)cc21. The molecule has 0 radical (unpaired) electrons. The number of methoxy groups -OCH3 is 1. The molecule has 0 aliphatic heterocycles. The van der Waals surface area contributed by atoms with E-state index in [1.807, 2.05) is 0 Å². The Hall–Kier alpha value is -0.800. The number of hydrogen-bond acceptors (Lipinski definition) is 2. The van der Waals surface area contributed by atoms with E-state index in [1.165, 1.54) is 36.8 Å². The molecule has 1 N–H and O–H groups in total. The molecule has 1 aromatic heterocycles. The predicted octanol–water partition coefficient (Wildman–Crippen LogP) is 3.29. The summed E-state index contributed by atoms with van der Waals surface area (Å²) in [6, 6.07) is 0.536. The third-order valence-electron chi connectivity index (χ3n) is 4.43. The van der Waals surface area contributed by atoms with Crippen molar-refractivity contribution in [2.45, 2.75) is 64.1 Å². The first-order valence-corrected chi connectivity index (χ1v) is 7.47. The van der Waals surface area contributed by atoms with Gasteiger partial charge in [-0.1, -0.05) is 6.42 Å². The number of hydrogen-bond donors (Lipinski definition) is 1. The topological polar surface area (TPSA) is 26.2 Å². The predicted molar refractivity (Wildman–Crippen MR) is 79.5 cm³/mol. The maximum atomic E-state index is 5.50. The number of rotatable bonds is 5. The van der Waals surface area contributed by atoms with E-state index in [0.717, 1.165) is 13.0 Å². The van der Waals surface area contributed by atoms with Crippen LogP contribution in [0.25, 0.3) is 0 Å². The van der Waals surface area contributed by atoms with Crippen LogP contribution in [0.1, 0.15) is 56.7 Å². The van der Waals surface area contributed by atoms with Crippen molar-refractivity contribution >= 4 is 0 Å². The Morgan fingerprint density at radius 2 is 2.16 bits per heavy atom. The van der Waals surface area contributed by atoms with Crippen LogP contribution in [0.2, 0.25) is 0 Å². The largest absolute Gasteiger partial charge is 0.379 e. The quantitative estimate of drug-likeness (QED) is 0.826. The number of aryl methyl sites for hydroxylation is 2. The van der Waals surface area contributed by atoms with Gasteiger partial charge in [0.1, 0.15) is 0 Å². The van der Waals surface area contributed by atoms with Gasteiger partial charge < -0.3 is 14.6 Å². The summed E-state index contributed by atoms with van der Waals surface area (Å²) in [5.74, 6) is 0. The van der Waals surface area contributed by atoms with Gasteiger partial charge in [-0.2, -0.15) is 0 Å². The van der Waals surface area contributed by atoms with Crippen molar-refractivity contribution in [1.82, 2.24) is 9.88 Å². The third-order valence-corrected chi connectivity index (χ3v) is 4.43. The van der Waals surface area contributed by atoms with Gasteiger partial charge in [0.25, 0.3) is 0 Å². The van der Waals surface area contributed by atoms with Crippen LogP contribution in [-0.4, -0.2) is 24.3 Å². The van der Waals surface area contributed by atoms with E-state index in [0.29, 0.717) is 6.04 Å². The molecule has 0 spiro atoms.